The molecular weight excluding hydrogens is 340 g/mol. The lowest BCUT2D eigenvalue weighted by molar-refractivity contribution is 0.0859. The van der Waals surface area contributed by atoms with Crippen molar-refractivity contribution in [1.82, 2.24) is 9.88 Å². The average molecular weight is 362 g/mol. The monoisotopic (exact) mass is 362 g/mol. The molecule has 6 rings (SSSR count). The maximum atomic E-state index is 5.12. The summed E-state index contributed by atoms with van der Waals surface area (Å²) < 4.78 is 0. The summed E-state index contributed by atoms with van der Waals surface area (Å²) in [5.41, 5.74) is 7.91. The number of aromatic nitrogens is 1. The van der Waals surface area contributed by atoms with Crippen LogP contribution in [-0.2, 0) is 24.9 Å². The average Bonchev–Trinajstić information content (AvgIpc) is 2.77. The van der Waals surface area contributed by atoms with Crippen molar-refractivity contribution in [2.75, 3.05) is 6.54 Å². The molecule has 4 aromatic rings. The molecule has 2 aliphatic heterocycles. The van der Waals surface area contributed by atoms with Gasteiger partial charge in [0.05, 0.1) is 11.1 Å². The highest BCUT2D eigenvalue weighted by molar-refractivity contribution is 5.79. The van der Waals surface area contributed by atoms with Crippen LogP contribution in [0.1, 0.15) is 27.9 Å². The van der Waals surface area contributed by atoms with Crippen molar-refractivity contribution in [3.05, 3.63) is 113 Å². The Balaban J connectivity index is 1.62. The fourth-order valence-electron chi connectivity index (χ4n) is 5.27. The molecule has 1 atom stereocenters. The number of fused-ring (bicyclic) bond motifs is 5. The summed E-state index contributed by atoms with van der Waals surface area (Å²) in [5.74, 6) is 0. The highest BCUT2D eigenvalue weighted by Crippen LogP contribution is 2.47. The predicted octanol–water partition coefficient (Wildman–Crippen LogP) is 5.09. The smallest absolute Gasteiger partial charge is 0.0777 e. The Labute approximate surface area is 165 Å². The number of para-hydroxylation sites is 1. The van der Waals surface area contributed by atoms with Gasteiger partial charge in [-0.25, -0.2) is 0 Å². The van der Waals surface area contributed by atoms with Gasteiger partial charge in [-0.1, -0.05) is 72.8 Å². The van der Waals surface area contributed by atoms with Crippen molar-refractivity contribution in [2.24, 2.45) is 0 Å². The quantitative estimate of drug-likeness (QED) is 0.469. The molecule has 28 heavy (non-hydrogen) atoms. The number of pyridine rings is 1. The van der Waals surface area contributed by atoms with E-state index in [-0.39, 0.29) is 5.54 Å². The van der Waals surface area contributed by atoms with E-state index in [1.54, 1.807) is 0 Å². The van der Waals surface area contributed by atoms with Crippen molar-refractivity contribution in [3.63, 3.8) is 0 Å². The number of hydrogen-bond acceptors (Lipinski definition) is 2. The topological polar surface area (TPSA) is 16.1 Å². The SMILES string of the molecule is c1ccc(C23Cc4nc5ccccc5cc4CN2CCc2ccccc23)cc1. The Bertz CT molecular complexity index is 1180. The zero-order chi connectivity index (χ0) is 18.6. The summed E-state index contributed by atoms with van der Waals surface area (Å²) in [4.78, 5) is 7.81. The first kappa shape index (κ1) is 16.0. The second kappa shape index (κ2) is 6.02. The zero-order valence-electron chi connectivity index (χ0n) is 15.8. The van der Waals surface area contributed by atoms with E-state index in [0.29, 0.717) is 0 Å². The van der Waals surface area contributed by atoms with Crippen LogP contribution < -0.4 is 0 Å². The summed E-state index contributed by atoms with van der Waals surface area (Å²) in [5, 5.41) is 1.24. The van der Waals surface area contributed by atoms with Crippen molar-refractivity contribution in [1.29, 1.82) is 0 Å². The predicted molar refractivity (Wildman–Crippen MR) is 113 cm³/mol. The van der Waals surface area contributed by atoms with E-state index < -0.39 is 0 Å². The number of benzene rings is 3. The van der Waals surface area contributed by atoms with Crippen LogP contribution in [0.25, 0.3) is 10.9 Å². The molecule has 2 aliphatic rings. The molecule has 0 amide bonds. The van der Waals surface area contributed by atoms with Gasteiger partial charge in [-0.2, -0.15) is 0 Å². The van der Waals surface area contributed by atoms with Gasteiger partial charge >= 0.3 is 0 Å². The van der Waals surface area contributed by atoms with E-state index in [0.717, 1.165) is 31.4 Å². The Morgan fingerprint density at radius 1 is 0.786 bits per heavy atom. The van der Waals surface area contributed by atoms with Crippen LogP contribution in [0.4, 0.5) is 0 Å². The van der Waals surface area contributed by atoms with Crippen LogP contribution in [0.3, 0.4) is 0 Å². The highest BCUT2D eigenvalue weighted by atomic mass is 15.2. The summed E-state index contributed by atoms with van der Waals surface area (Å²) >= 11 is 0. The Morgan fingerprint density at radius 3 is 2.50 bits per heavy atom. The summed E-state index contributed by atoms with van der Waals surface area (Å²) in [6.07, 6.45) is 2.04. The molecule has 1 unspecified atom stereocenters. The van der Waals surface area contributed by atoms with Gasteiger partial charge in [0.15, 0.2) is 0 Å². The van der Waals surface area contributed by atoms with Gasteiger partial charge in [-0.15, -0.1) is 0 Å². The molecule has 0 aliphatic carbocycles. The van der Waals surface area contributed by atoms with Crippen LogP contribution in [0.5, 0.6) is 0 Å². The molecule has 0 N–H and O–H groups in total. The van der Waals surface area contributed by atoms with Crippen molar-refractivity contribution >= 4 is 10.9 Å². The summed E-state index contributed by atoms with van der Waals surface area (Å²) in [7, 11) is 0. The first-order chi connectivity index (χ1) is 13.8. The highest BCUT2D eigenvalue weighted by Gasteiger charge is 2.47. The fourth-order valence-corrected chi connectivity index (χ4v) is 5.27. The lowest BCUT2D eigenvalue weighted by atomic mass is 9.70. The van der Waals surface area contributed by atoms with Gasteiger partial charge in [-0.3, -0.25) is 9.88 Å². The molecule has 0 radical (unpaired) electrons. The largest absolute Gasteiger partial charge is 0.285 e. The summed E-state index contributed by atoms with van der Waals surface area (Å²) in [6, 6.07) is 30.9. The van der Waals surface area contributed by atoms with Gasteiger partial charge in [0.2, 0.25) is 0 Å². The maximum absolute atomic E-state index is 5.12. The Hall–Kier alpha value is -2.97. The van der Waals surface area contributed by atoms with Gasteiger partial charge in [0.25, 0.3) is 0 Å². The first-order valence-electron chi connectivity index (χ1n) is 10.1. The molecule has 1 aromatic heterocycles. The lowest BCUT2D eigenvalue weighted by Crippen LogP contribution is -2.54. The third-order valence-corrected chi connectivity index (χ3v) is 6.58. The van der Waals surface area contributed by atoms with E-state index in [2.05, 4.69) is 89.8 Å². The van der Waals surface area contributed by atoms with Crippen molar-refractivity contribution in [2.45, 2.75) is 24.9 Å². The van der Waals surface area contributed by atoms with E-state index in [9.17, 15) is 0 Å². The molecule has 2 nitrogen and oxygen atoms in total. The standard InChI is InChI=1S/C26H22N2/c1-2-10-22(11-3-1)26-17-25-21(16-20-9-5-7-13-24(20)27-25)18-28(26)15-14-19-8-4-6-12-23(19)26/h1-13,16H,14-15,17-18H2. The molecule has 0 saturated carbocycles. The maximum Gasteiger partial charge on any atom is 0.0777 e. The second-order valence-electron chi connectivity index (χ2n) is 8.02. The molecule has 3 heterocycles. The second-order valence-corrected chi connectivity index (χ2v) is 8.02. The molecule has 0 saturated heterocycles. The molecule has 0 fully saturated rings. The van der Waals surface area contributed by atoms with Crippen LogP contribution in [-0.4, -0.2) is 16.4 Å². The van der Waals surface area contributed by atoms with E-state index in [1.165, 1.54) is 33.3 Å². The normalized spacial score (nSPS) is 21.0. The Kier molecular flexibility index (Phi) is 3.44. The van der Waals surface area contributed by atoms with E-state index in [1.807, 2.05) is 0 Å². The van der Waals surface area contributed by atoms with Gasteiger partial charge in [0, 0.05) is 30.6 Å². The summed E-state index contributed by atoms with van der Waals surface area (Å²) in [6.45, 7) is 2.04. The minimum absolute atomic E-state index is 0.126. The van der Waals surface area contributed by atoms with Crippen LogP contribution >= 0.6 is 0 Å². The minimum atomic E-state index is -0.126. The third kappa shape index (κ3) is 2.22. The minimum Gasteiger partial charge on any atom is -0.285 e. The molecule has 0 spiro atoms. The van der Waals surface area contributed by atoms with Crippen LogP contribution in [0.2, 0.25) is 0 Å². The number of hydrogen-bond donors (Lipinski definition) is 0. The van der Waals surface area contributed by atoms with Gasteiger partial charge in [0.1, 0.15) is 0 Å². The number of nitrogens with zero attached hydrogens (tertiary/aromatic N) is 2. The van der Waals surface area contributed by atoms with E-state index in [4.69, 9.17) is 4.98 Å². The van der Waals surface area contributed by atoms with Crippen molar-refractivity contribution < 1.29 is 0 Å². The van der Waals surface area contributed by atoms with Crippen molar-refractivity contribution in [3.8, 4) is 0 Å². The van der Waals surface area contributed by atoms with E-state index >= 15 is 0 Å². The van der Waals surface area contributed by atoms with Gasteiger partial charge < -0.3 is 0 Å². The number of rotatable bonds is 1. The molecule has 136 valence electrons. The molecule has 3 aromatic carbocycles. The molecular formula is C26H22N2. The first-order valence-corrected chi connectivity index (χ1v) is 10.1. The third-order valence-electron chi connectivity index (χ3n) is 6.58. The molecule has 0 bridgehead atoms. The van der Waals surface area contributed by atoms with Crippen LogP contribution in [0.15, 0.2) is 84.9 Å². The fraction of sp³-hybridized carbons (Fsp3) is 0.192. The van der Waals surface area contributed by atoms with Crippen LogP contribution in [0, 0.1) is 0 Å². The van der Waals surface area contributed by atoms with Gasteiger partial charge in [-0.05, 0) is 40.8 Å². The lowest BCUT2D eigenvalue weighted by Gasteiger charge is -2.51. The Morgan fingerprint density at radius 2 is 1.57 bits per heavy atom. The zero-order valence-corrected chi connectivity index (χ0v) is 15.8. The molecule has 2 heteroatoms.